The number of carbonyl (C=O) groups is 1. The Bertz CT molecular complexity index is 880. The first-order valence-corrected chi connectivity index (χ1v) is 8.74. The molecule has 1 aromatic carbocycles. The average Bonchev–Trinajstić information content (AvgIpc) is 2.98. The number of carbonyl (C=O) groups excluding carboxylic acids is 1. The molecule has 1 unspecified atom stereocenters. The van der Waals surface area contributed by atoms with Gasteiger partial charge in [0.2, 0.25) is 5.91 Å². The van der Waals surface area contributed by atoms with E-state index in [0.717, 1.165) is 0 Å². The molecule has 2 aromatic rings. The number of para-hydroxylation sites is 2. The van der Waals surface area contributed by atoms with Crippen molar-refractivity contribution in [2.45, 2.75) is 19.0 Å². The number of rotatable bonds is 3. The Hall–Kier alpha value is -2.09. The van der Waals surface area contributed by atoms with Crippen LogP contribution in [0.2, 0.25) is 0 Å². The number of sulfone groups is 1. The Kier molecular flexibility index (Phi) is 3.56. The SMILES string of the molecule is CN(C(=O)Cn1c(=O)oc2ccccc21)C1CCS(=O)(=O)C1. The zero-order chi connectivity index (χ0) is 15.9. The molecule has 0 saturated carbocycles. The summed E-state index contributed by atoms with van der Waals surface area (Å²) in [7, 11) is -1.49. The van der Waals surface area contributed by atoms with Gasteiger partial charge in [0.25, 0.3) is 0 Å². The van der Waals surface area contributed by atoms with E-state index in [2.05, 4.69) is 0 Å². The summed E-state index contributed by atoms with van der Waals surface area (Å²) in [6, 6.07) is 6.53. The van der Waals surface area contributed by atoms with Crippen LogP contribution in [-0.4, -0.2) is 48.4 Å². The highest BCUT2D eigenvalue weighted by Gasteiger charge is 2.33. The van der Waals surface area contributed by atoms with Crippen molar-refractivity contribution in [3.05, 3.63) is 34.8 Å². The molecule has 1 aliphatic heterocycles. The van der Waals surface area contributed by atoms with Gasteiger partial charge in [-0.3, -0.25) is 9.36 Å². The van der Waals surface area contributed by atoms with Gasteiger partial charge in [-0.05, 0) is 18.6 Å². The number of amides is 1. The molecule has 7 nitrogen and oxygen atoms in total. The molecule has 22 heavy (non-hydrogen) atoms. The van der Waals surface area contributed by atoms with Gasteiger partial charge in [0, 0.05) is 13.1 Å². The fraction of sp³-hybridized carbons (Fsp3) is 0.429. The smallest absolute Gasteiger partial charge is 0.408 e. The number of oxazole rings is 1. The Labute approximate surface area is 127 Å². The van der Waals surface area contributed by atoms with Crippen LogP contribution in [0.15, 0.2) is 33.5 Å². The van der Waals surface area contributed by atoms with Crippen LogP contribution in [0.4, 0.5) is 0 Å². The second-order valence-electron chi connectivity index (χ2n) is 5.48. The van der Waals surface area contributed by atoms with Crippen LogP contribution in [0.5, 0.6) is 0 Å². The van der Waals surface area contributed by atoms with Crippen molar-refractivity contribution in [1.82, 2.24) is 9.47 Å². The van der Waals surface area contributed by atoms with Crippen LogP contribution in [0, 0.1) is 0 Å². The maximum atomic E-state index is 12.3. The lowest BCUT2D eigenvalue weighted by atomic mass is 10.2. The number of hydrogen-bond acceptors (Lipinski definition) is 5. The number of aromatic nitrogens is 1. The van der Waals surface area contributed by atoms with Gasteiger partial charge in [-0.15, -0.1) is 0 Å². The van der Waals surface area contributed by atoms with Crippen LogP contribution in [0.25, 0.3) is 11.1 Å². The Morgan fingerprint density at radius 3 is 2.82 bits per heavy atom. The minimum atomic E-state index is -3.06. The van der Waals surface area contributed by atoms with Crippen molar-refractivity contribution in [2.24, 2.45) is 0 Å². The van der Waals surface area contributed by atoms with Gasteiger partial charge in [0.05, 0.1) is 17.0 Å². The predicted octanol–water partition coefficient (Wildman–Crippen LogP) is 0.240. The summed E-state index contributed by atoms with van der Waals surface area (Å²) in [5.41, 5.74) is 0.972. The van der Waals surface area contributed by atoms with Crippen LogP contribution >= 0.6 is 0 Å². The van der Waals surface area contributed by atoms with Crippen molar-refractivity contribution >= 4 is 26.8 Å². The number of fused-ring (bicyclic) bond motifs is 1. The summed E-state index contributed by atoms with van der Waals surface area (Å²) in [5, 5.41) is 0. The molecule has 0 radical (unpaired) electrons. The number of hydrogen-bond donors (Lipinski definition) is 0. The highest BCUT2D eigenvalue weighted by Crippen LogP contribution is 2.17. The maximum absolute atomic E-state index is 12.3. The molecule has 2 heterocycles. The van der Waals surface area contributed by atoms with E-state index in [1.54, 1.807) is 31.3 Å². The molecular formula is C14H16N2O5S. The molecule has 1 aliphatic rings. The summed E-state index contributed by atoms with van der Waals surface area (Å²) in [4.78, 5) is 25.6. The average molecular weight is 324 g/mol. The van der Waals surface area contributed by atoms with Crippen LogP contribution in [-0.2, 0) is 21.2 Å². The molecule has 0 bridgehead atoms. The van der Waals surface area contributed by atoms with E-state index in [1.807, 2.05) is 0 Å². The summed E-state index contributed by atoms with van der Waals surface area (Å²) in [6.07, 6.45) is 0.436. The summed E-state index contributed by atoms with van der Waals surface area (Å²) >= 11 is 0. The van der Waals surface area contributed by atoms with Crippen molar-refractivity contribution in [3.63, 3.8) is 0 Å². The third-order valence-electron chi connectivity index (χ3n) is 4.02. The first-order chi connectivity index (χ1) is 10.4. The highest BCUT2D eigenvalue weighted by atomic mass is 32.2. The summed E-state index contributed by atoms with van der Waals surface area (Å²) in [6.45, 7) is -0.164. The third-order valence-corrected chi connectivity index (χ3v) is 5.77. The minimum absolute atomic E-state index is 0.0176. The van der Waals surface area contributed by atoms with Crippen molar-refractivity contribution in [1.29, 1.82) is 0 Å². The Morgan fingerprint density at radius 1 is 1.41 bits per heavy atom. The van der Waals surface area contributed by atoms with E-state index in [1.165, 1.54) is 9.47 Å². The largest absolute Gasteiger partial charge is 0.420 e. The second kappa shape index (κ2) is 5.28. The van der Waals surface area contributed by atoms with Crippen LogP contribution in [0.3, 0.4) is 0 Å². The standard InChI is InChI=1S/C14H16N2O5S/c1-15(10-6-7-22(19,20)9-10)13(17)8-16-11-4-2-3-5-12(11)21-14(16)18/h2-5,10H,6-9H2,1H3. The Morgan fingerprint density at radius 2 is 2.14 bits per heavy atom. The molecule has 118 valence electrons. The molecule has 1 fully saturated rings. The van der Waals surface area contributed by atoms with Gasteiger partial charge in [0.1, 0.15) is 6.54 Å². The zero-order valence-electron chi connectivity index (χ0n) is 12.1. The molecule has 1 amide bonds. The van der Waals surface area contributed by atoms with Crippen molar-refractivity contribution in [3.8, 4) is 0 Å². The minimum Gasteiger partial charge on any atom is -0.408 e. The van der Waals surface area contributed by atoms with Crippen LogP contribution < -0.4 is 5.76 Å². The molecule has 1 saturated heterocycles. The predicted molar refractivity (Wildman–Crippen MR) is 80.3 cm³/mol. The zero-order valence-corrected chi connectivity index (χ0v) is 12.9. The molecule has 3 rings (SSSR count). The lowest BCUT2D eigenvalue weighted by Crippen LogP contribution is -2.40. The monoisotopic (exact) mass is 324 g/mol. The quantitative estimate of drug-likeness (QED) is 0.807. The van der Waals surface area contributed by atoms with Crippen molar-refractivity contribution in [2.75, 3.05) is 18.6 Å². The maximum Gasteiger partial charge on any atom is 0.420 e. The van der Waals surface area contributed by atoms with E-state index in [9.17, 15) is 18.0 Å². The van der Waals surface area contributed by atoms with Gasteiger partial charge < -0.3 is 9.32 Å². The Balaban J connectivity index is 1.81. The third kappa shape index (κ3) is 2.66. The first kappa shape index (κ1) is 14.8. The molecule has 1 aromatic heterocycles. The van der Waals surface area contributed by atoms with Crippen LogP contribution in [0.1, 0.15) is 6.42 Å². The van der Waals surface area contributed by atoms with Gasteiger partial charge in [-0.2, -0.15) is 0 Å². The highest BCUT2D eigenvalue weighted by molar-refractivity contribution is 7.91. The first-order valence-electron chi connectivity index (χ1n) is 6.92. The summed E-state index contributed by atoms with van der Waals surface area (Å²) < 4.78 is 29.4. The van der Waals surface area contributed by atoms with E-state index in [0.29, 0.717) is 17.5 Å². The van der Waals surface area contributed by atoms with E-state index < -0.39 is 15.6 Å². The molecular weight excluding hydrogens is 308 g/mol. The lowest BCUT2D eigenvalue weighted by molar-refractivity contribution is -0.132. The van der Waals surface area contributed by atoms with Gasteiger partial charge in [-0.1, -0.05) is 12.1 Å². The second-order valence-corrected chi connectivity index (χ2v) is 7.71. The molecule has 0 spiro atoms. The lowest BCUT2D eigenvalue weighted by Gasteiger charge is -2.23. The fourth-order valence-corrected chi connectivity index (χ4v) is 4.47. The number of benzene rings is 1. The number of likely N-dealkylation sites (N-methyl/N-ethyl adjacent to an activating group) is 1. The van der Waals surface area contributed by atoms with Crippen molar-refractivity contribution < 1.29 is 17.6 Å². The molecule has 8 heteroatoms. The fourth-order valence-electron chi connectivity index (χ4n) is 2.69. The number of nitrogens with zero attached hydrogens (tertiary/aromatic N) is 2. The topological polar surface area (TPSA) is 89.6 Å². The van der Waals surface area contributed by atoms with E-state index >= 15 is 0 Å². The summed E-state index contributed by atoms with van der Waals surface area (Å²) in [5.74, 6) is -0.821. The van der Waals surface area contributed by atoms with Gasteiger partial charge in [0.15, 0.2) is 15.4 Å². The van der Waals surface area contributed by atoms with E-state index in [-0.39, 0.29) is 30.0 Å². The molecule has 0 aliphatic carbocycles. The molecule has 0 N–H and O–H groups in total. The van der Waals surface area contributed by atoms with E-state index in [4.69, 9.17) is 4.42 Å². The van der Waals surface area contributed by atoms with Gasteiger partial charge >= 0.3 is 5.76 Å². The van der Waals surface area contributed by atoms with Gasteiger partial charge in [-0.25, -0.2) is 13.2 Å². The molecule has 1 atom stereocenters. The normalized spacial score (nSPS) is 20.3.